The summed E-state index contributed by atoms with van der Waals surface area (Å²) in [5, 5.41) is 16.6. The Labute approximate surface area is 98.6 Å². The molecule has 2 N–H and O–H groups in total. The minimum atomic E-state index is -1.21. The van der Waals surface area contributed by atoms with E-state index in [2.05, 4.69) is 4.74 Å². The number of esters is 1. The fraction of sp³-hybridized carbons (Fsp3) is 0.600. The van der Waals surface area contributed by atoms with E-state index in [9.17, 15) is 9.59 Å². The van der Waals surface area contributed by atoms with E-state index in [0.717, 1.165) is 6.08 Å². The molecule has 0 aliphatic heterocycles. The lowest BCUT2D eigenvalue weighted by molar-refractivity contribution is -0.140. The highest BCUT2D eigenvalue weighted by Crippen LogP contribution is 1.84. The van der Waals surface area contributed by atoms with Gasteiger partial charge < -0.3 is 24.4 Å². The van der Waals surface area contributed by atoms with Crippen molar-refractivity contribution in [3.63, 3.8) is 0 Å². The van der Waals surface area contributed by atoms with Crippen molar-refractivity contribution in [2.24, 2.45) is 0 Å². The zero-order valence-electron chi connectivity index (χ0n) is 9.33. The molecule has 0 atom stereocenters. The van der Waals surface area contributed by atoms with E-state index in [1.165, 1.54) is 0 Å². The molecule has 0 bridgehead atoms. The number of aliphatic hydroxyl groups is 1. The standard InChI is InChI=1S/C10H16O7/c11-3-4-15-5-6-16-7-8-17-10(14)2-1-9(12)13/h1-2,11H,3-8H2,(H,12,13)/b2-1-. The molecule has 0 saturated heterocycles. The minimum Gasteiger partial charge on any atom is -0.478 e. The highest BCUT2D eigenvalue weighted by molar-refractivity contribution is 5.90. The number of rotatable bonds is 10. The molecule has 7 nitrogen and oxygen atoms in total. The van der Waals surface area contributed by atoms with Crippen LogP contribution in [0.3, 0.4) is 0 Å². The van der Waals surface area contributed by atoms with Crippen LogP contribution in [0.15, 0.2) is 12.2 Å². The Bertz CT molecular complexity index is 249. The minimum absolute atomic E-state index is 0.0342. The summed E-state index contributed by atoms with van der Waals surface area (Å²) in [6, 6.07) is 0. The van der Waals surface area contributed by atoms with Gasteiger partial charge in [0.05, 0.1) is 33.0 Å². The zero-order chi connectivity index (χ0) is 12.9. The molecule has 0 amide bonds. The van der Waals surface area contributed by atoms with Crippen molar-refractivity contribution in [2.45, 2.75) is 0 Å². The predicted molar refractivity (Wildman–Crippen MR) is 56.5 cm³/mol. The summed E-state index contributed by atoms with van der Waals surface area (Å²) in [4.78, 5) is 20.9. The normalized spacial score (nSPS) is 10.6. The molecule has 98 valence electrons. The molecule has 7 heteroatoms. The van der Waals surface area contributed by atoms with E-state index in [4.69, 9.17) is 19.7 Å². The number of carboxylic acid groups (broad SMARTS) is 1. The number of hydrogen-bond acceptors (Lipinski definition) is 6. The molecular weight excluding hydrogens is 232 g/mol. The molecule has 0 aromatic carbocycles. The number of ether oxygens (including phenoxy) is 3. The molecule has 0 radical (unpaired) electrons. The van der Waals surface area contributed by atoms with Crippen LogP contribution < -0.4 is 0 Å². The third kappa shape index (κ3) is 12.5. The second-order valence-electron chi connectivity index (χ2n) is 2.79. The van der Waals surface area contributed by atoms with Crippen molar-refractivity contribution < 1.29 is 34.0 Å². The van der Waals surface area contributed by atoms with Crippen molar-refractivity contribution >= 4 is 11.9 Å². The molecule has 0 aliphatic carbocycles. The van der Waals surface area contributed by atoms with Crippen LogP contribution in [0.1, 0.15) is 0 Å². The van der Waals surface area contributed by atoms with Gasteiger partial charge in [0.2, 0.25) is 0 Å². The first-order valence-corrected chi connectivity index (χ1v) is 5.01. The summed E-state index contributed by atoms with van der Waals surface area (Å²) in [5.41, 5.74) is 0. The number of carbonyl (C=O) groups is 2. The monoisotopic (exact) mass is 248 g/mol. The molecule has 0 aromatic heterocycles. The van der Waals surface area contributed by atoms with Crippen LogP contribution in [0, 0.1) is 0 Å². The van der Waals surface area contributed by atoms with Crippen LogP contribution >= 0.6 is 0 Å². The van der Waals surface area contributed by atoms with Crippen LogP contribution in [0.25, 0.3) is 0 Å². The first-order chi connectivity index (χ1) is 8.16. The molecule has 0 fully saturated rings. The second-order valence-corrected chi connectivity index (χ2v) is 2.79. The molecule has 0 spiro atoms. The SMILES string of the molecule is O=C(O)/C=C\C(=O)OCCOCCOCCO. The highest BCUT2D eigenvalue weighted by Gasteiger charge is 1.98. The molecular formula is C10H16O7. The maximum absolute atomic E-state index is 10.8. The third-order valence-corrected chi connectivity index (χ3v) is 1.44. The average Bonchev–Trinajstić information content (AvgIpc) is 2.30. The van der Waals surface area contributed by atoms with Crippen molar-refractivity contribution in [1.82, 2.24) is 0 Å². The Morgan fingerprint density at radius 3 is 2.12 bits per heavy atom. The van der Waals surface area contributed by atoms with Gasteiger partial charge in [-0.1, -0.05) is 0 Å². The summed E-state index contributed by atoms with van der Waals surface area (Å²) in [6.07, 6.45) is 1.53. The van der Waals surface area contributed by atoms with Gasteiger partial charge in [-0.2, -0.15) is 0 Å². The summed E-state index contributed by atoms with van der Waals surface area (Å²) >= 11 is 0. The van der Waals surface area contributed by atoms with E-state index in [-0.39, 0.29) is 26.4 Å². The number of aliphatic hydroxyl groups excluding tert-OH is 1. The number of hydrogen-bond donors (Lipinski definition) is 2. The lowest BCUT2D eigenvalue weighted by atomic mass is 10.5. The molecule has 0 unspecified atom stereocenters. The highest BCUT2D eigenvalue weighted by atomic mass is 16.6. The number of carbonyl (C=O) groups excluding carboxylic acids is 1. The summed E-state index contributed by atoms with van der Waals surface area (Å²) in [5.74, 6) is -1.94. The van der Waals surface area contributed by atoms with Gasteiger partial charge >= 0.3 is 11.9 Å². The van der Waals surface area contributed by atoms with Crippen LogP contribution in [-0.2, 0) is 23.8 Å². The number of carboxylic acids is 1. The lowest BCUT2D eigenvalue weighted by Crippen LogP contribution is -2.12. The Balaban J connectivity index is 3.28. The molecule has 17 heavy (non-hydrogen) atoms. The predicted octanol–water partition coefficient (Wildman–Crippen LogP) is -0.804. The van der Waals surface area contributed by atoms with Gasteiger partial charge in [0.25, 0.3) is 0 Å². The number of aliphatic carboxylic acids is 1. The average molecular weight is 248 g/mol. The second kappa shape index (κ2) is 11.1. The molecule has 0 aromatic rings. The smallest absolute Gasteiger partial charge is 0.331 e. The maximum atomic E-state index is 10.8. The quantitative estimate of drug-likeness (QED) is 0.296. The van der Waals surface area contributed by atoms with Gasteiger partial charge in [0.15, 0.2) is 0 Å². The molecule has 0 heterocycles. The first kappa shape index (κ1) is 15.6. The van der Waals surface area contributed by atoms with E-state index in [0.29, 0.717) is 19.3 Å². The van der Waals surface area contributed by atoms with Crippen molar-refractivity contribution in [2.75, 3.05) is 39.6 Å². The topological polar surface area (TPSA) is 102 Å². The Morgan fingerprint density at radius 1 is 0.941 bits per heavy atom. The Hall–Kier alpha value is -1.44. The Morgan fingerprint density at radius 2 is 1.53 bits per heavy atom. The summed E-state index contributed by atoms with van der Waals surface area (Å²) in [7, 11) is 0. The van der Waals surface area contributed by atoms with Crippen molar-refractivity contribution in [3.05, 3.63) is 12.2 Å². The molecule has 0 rings (SSSR count). The Kier molecular flexibility index (Phi) is 10.1. The van der Waals surface area contributed by atoms with Gasteiger partial charge in [-0.05, 0) is 0 Å². The van der Waals surface area contributed by atoms with Crippen molar-refractivity contribution in [1.29, 1.82) is 0 Å². The fourth-order valence-corrected chi connectivity index (χ4v) is 0.775. The zero-order valence-corrected chi connectivity index (χ0v) is 9.33. The van der Waals surface area contributed by atoms with E-state index in [1.807, 2.05) is 0 Å². The van der Waals surface area contributed by atoms with Gasteiger partial charge in [-0.25, -0.2) is 9.59 Å². The van der Waals surface area contributed by atoms with Gasteiger partial charge in [-0.15, -0.1) is 0 Å². The first-order valence-electron chi connectivity index (χ1n) is 5.01. The maximum Gasteiger partial charge on any atom is 0.331 e. The van der Waals surface area contributed by atoms with Crippen LogP contribution in [0.2, 0.25) is 0 Å². The van der Waals surface area contributed by atoms with Crippen LogP contribution in [0.5, 0.6) is 0 Å². The molecule has 0 saturated carbocycles. The molecule has 0 aliphatic rings. The van der Waals surface area contributed by atoms with Crippen LogP contribution in [0.4, 0.5) is 0 Å². The van der Waals surface area contributed by atoms with Crippen LogP contribution in [-0.4, -0.2) is 61.8 Å². The van der Waals surface area contributed by atoms with Crippen molar-refractivity contribution in [3.8, 4) is 0 Å². The lowest BCUT2D eigenvalue weighted by Gasteiger charge is -2.04. The summed E-state index contributed by atoms with van der Waals surface area (Å²) < 4.78 is 14.6. The van der Waals surface area contributed by atoms with Gasteiger partial charge in [-0.3, -0.25) is 0 Å². The fourth-order valence-electron chi connectivity index (χ4n) is 0.775. The van der Waals surface area contributed by atoms with Gasteiger partial charge in [0.1, 0.15) is 6.61 Å². The van der Waals surface area contributed by atoms with E-state index < -0.39 is 11.9 Å². The third-order valence-electron chi connectivity index (χ3n) is 1.44. The van der Waals surface area contributed by atoms with E-state index in [1.54, 1.807) is 0 Å². The largest absolute Gasteiger partial charge is 0.478 e. The van der Waals surface area contributed by atoms with E-state index >= 15 is 0 Å². The van der Waals surface area contributed by atoms with Gasteiger partial charge in [0, 0.05) is 12.2 Å². The summed E-state index contributed by atoms with van der Waals surface area (Å²) in [6.45, 7) is 1.17.